The molecule has 16 heavy (non-hydrogen) atoms. The predicted octanol–water partition coefficient (Wildman–Crippen LogP) is 1.84. The van der Waals surface area contributed by atoms with Crippen LogP contribution in [0.3, 0.4) is 0 Å². The summed E-state index contributed by atoms with van der Waals surface area (Å²) in [5.74, 6) is -1.87. The van der Waals surface area contributed by atoms with Crippen LogP contribution in [0.1, 0.15) is 39.0 Å². The standard InChI is InChI=1S/C11H20FNO3/c1-3-4-5-6-7-9(12)11(16)13(2)8-10(14)15/h9H,3-8H2,1-2H3,(H,14,15). The highest BCUT2D eigenvalue weighted by molar-refractivity contribution is 5.84. The second-order valence-electron chi connectivity index (χ2n) is 3.90. The average Bonchev–Trinajstić information content (AvgIpc) is 2.22. The number of amides is 1. The number of rotatable bonds is 8. The Balaban J connectivity index is 3.84. The van der Waals surface area contributed by atoms with E-state index in [2.05, 4.69) is 6.92 Å². The lowest BCUT2D eigenvalue weighted by Gasteiger charge is -2.17. The normalized spacial score (nSPS) is 12.2. The number of hydrogen-bond donors (Lipinski definition) is 1. The van der Waals surface area contributed by atoms with Crippen LogP contribution >= 0.6 is 0 Å². The highest BCUT2D eigenvalue weighted by Gasteiger charge is 2.22. The Morgan fingerprint density at radius 1 is 1.31 bits per heavy atom. The van der Waals surface area contributed by atoms with Crippen LogP contribution < -0.4 is 0 Å². The molecular formula is C11H20FNO3. The van der Waals surface area contributed by atoms with E-state index >= 15 is 0 Å². The molecule has 0 aliphatic heterocycles. The number of carboxylic acids is 1. The summed E-state index contributed by atoms with van der Waals surface area (Å²) in [6.07, 6.45) is 2.29. The van der Waals surface area contributed by atoms with Gasteiger partial charge < -0.3 is 10.0 Å². The molecule has 0 rings (SSSR count). The quantitative estimate of drug-likeness (QED) is 0.651. The van der Waals surface area contributed by atoms with E-state index in [1.54, 1.807) is 0 Å². The molecule has 5 heteroatoms. The van der Waals surface area contributed by atoms with Gasteiger partial charge in [-0.05, 0) is 6.42 Å². The summed E-state index contributed by atoms with van der Waals surface area (Å²) in [5.41, 5.74) is 0. The van der Waals surface area contributed by atoms with Gasteiger partial charge in [0, 0.05) is 7.05 Å². The number of hydrogen-bond acceptors (Lipinski definition) is 2. The monoisotopic (exact) mass is 233 g/mol. The fourth-order valence-electron chi connectivity index (χ4n) is 1.39. The minimum Gasteiger partial charge on any atom is -0.480 e. The van der Waals surface area contributed by atoms with Gasteiger partial charge in [-0.15, -0.1) is 0 Å². The lowest BCUT2D eigenvalue weighted by molar-refractivity contribution is -0.145. The van der Waals surface area contributed by atoms with Crippen LogP contribution in [0.2, 0.25) is 0 Å². The van der Waals surface area contributed by atoms with E-state index in [9.17, 15) is 14.0 Å². The predicted molar refractivity (Wildman–Crippen MR) is 58.9 cm³/mol. The molecule has 1 N–H and O–H groups in total. The van der Waals surface area contributed by atoms with E-state index in [1.807, 2.05) is 0 Å². The maximum atomic E-state index is 13.3. The Kier molecular flexibility index (Phi) is 7.50. The van der Waals surface area contributed by atoms with E-state index < -0.39 is 24.6 Å². The van der Waals surface area contributed by atoms with Gasteiger partial charge in [0.2, 0.25) is 0 Å². The Morgan fingerprint density at radius 3 is 2.44 bits per heavy atom. The van der Waals surface area contributed by atoms with Crippen molar-refractivity contribution in [3.05, 3.63) is 0 Å². The van der Waals surface area contributed by atoms with Gasteiger partial charge in [-0.3, -0.25) is 9.59 Å². The number of unbranched alkanes of at least 4 members (excludes halogenated alkanes) is 3. The second-order valence-corrected chi connectivity index (χ2v) is 3.90. The molecule has 0 aromatic rings. The van der Waals surface area contributed by atoms with Crippen molar-refractivity contribution in [2.45, 2.75) is 45.2 Å². The Hall–Kier alpha value is -1.13. The fraction of sp³-hybridized carbons (Fsp3) is 0.818. The highest BCUT2D eigenvalue weighted by atomic mass is 19.1. The SMILES string of the molecule is CCCCCCC(F)C(=O)N(C)CC(=O)O. The zero-order chi connectivity index (χ0) is 12.6. The smallest absolute Gasteiger partial charge is 0.323 e. The summed E-state index contributed by atoms with van der Waals surface area (Å²) in [5, 5.41) is 8.44. The molecule has 0 fully saturated rings. The lowest BCUT2D eigenvalue weighted by atomic mass is 10.1. The number of likely N-dealkylation sites (N-methyl/N-ethyl adjacent to an activating group) is 1. The Labute approximate surface area is 95.4 Å². The van der Waals surface area contributed by atoms with E-state index in [4.69, 9.17) is 5.11 Å². The van der Waals surface area contributed by atoms with Crippen LogP contribution in [0.25, 0.3) is 0 Å². The minimum absolute atomic E-state index is 0.183. The summed E-state index contributed by atoms with van der Waals surface area (Å²) in [6.45, 7) is 1.60. The van der Waals surface area contributed by atoms with Gasteiger partial charge in [-0.2, -0.15) is 0 Å². The van der Waals surface area contributed by atoms with E-state index in [0.29, 0.717) is 6.42 Å². The molecule has 1 amide bonds. The maximum Gasteiger partial charge on any atom is 0.323 e. The van der Waals surface area contributed by atoms with Crippen LogP contribution in [0.4, 0.5) is 4.39 Å². The molecule has 0 radical (unpaired) electrons. The molecule has 0 bridgehead atoms. The topological polar surface area (TPSA) is 57.6 Å². The van der Waals surface area contributed by atoms with Gasteiger partial charge in [0.25, 0.3) is 5.91 Å². The number of alkyl halides is 1. The zero-order valence-corrected chi connectivity index (χ0v) is 9.91. The molecule has 0 aliphatic rings. The van der Waals surface area contributed by atoms with E-state index in [1.165, 1.54) is 7.05 Å². The molecule has 1 atom stereocenters. The van der Waals surface area contributed by atoms with Crippen LogP contribution in [0, 0.1) is 0 Å². The summed E-state index contributed by atoms with van der Waals surface area (Å²) in [4.78, 5) is 22.6. The van der Waals surface area contributed by atoms with Crippen LogP contribution in [0.15, 0.2) is 0 Å². The van der Waals surface area contributed by atoms with Crippen molar-refractivity contribution in [1.82, 2.24) is 4.90 Å². The van der Waals surface area contributed by atoms with Crippen molar-refractivity contribution in [3.63, 3.8) is 0 Å². The van der Waals surface area contributed by atoms with Crippen molar-refractivity contribution in [3.8, 4) is 0 Å². The highest BCUT2D eigenvalue weighted by Crippen LogP contribution is 2.10. The third kappa shape index (κ3) is 6.37. The molecule has 0 saturated carbocycles. The Morgan fingerprint density at radius 2 is 1.94 bits per heavy atom. The van der Waals surface area contributed by atoms with Crippen molar-refractivity contribution in [2.24, 2.45) is 0 Å². The van der Waals surface area contributed by atoms with Crippen molar-refractivity contribution < 1.29 is 19.1 Å². The molecule has 0 aromatic carbocycles. The molecule has 94 valence electrons. The van der Waals surface area contributed by atoms with Gasteiger partial charge in [0.15, 0.2) is 6.17 Å². The van der Waals surface area contributed by atoms with Gasteiger partial charge >= 0.3 is 5.97 Å². The van der Waals surface area contributed by atoms with Crippen LogP contribution in [0.5, 0.6) is 0 Å². The number of nitrogens with zero attached hydrogens (tertiary/aromatic N) is 1. The molecule has 0 aliphatic carbocycles. The summed E-state index contributed by atoms with van der Waals surface area (Å²) >= 11 is 0. The van der Waals surface area contributed by atoms with Gasteiger partial charge in [-0.25, -0.2) is 4.39 Å². The first kappa shape index (κ1) is 14.9. The number of carbonyl (C=O) groups is 2. The first-order valence-electron chi connectivity index (χ1n) is 5.59. The summed E-state index contributed by atoms with van der Waals surface area (Å²) < 4.78 is 13.3. The van der Waals surface area contributed by atoms with Crippen LogP contribution in [-0.4, -0.2) is 41.6 Å². The summed E-state index contributed by atoms with van der Waals surface area (Å²) in [6, 6.07) is 0. The van der Waals surface area contributed by atoms with Crippen molar-refractivity contribution in [2.75, 3.05) is 13.6 Å². The van der Waals surface area contributed by atoms with Gasteiger partial charge in [0.05, 0.1) is 0 Å². The lowest BCUT2D eigenvalue weighted by Crippen LogP contribution is -2.37. The molecule has 0 heterocycles. The van der Waals surface area contributed by atoms with Gasteiger partial charge in [-0.1, -0.05) is 32.6 Å². The fourth-order valence-corrected chi connectivity index (χ4v) is 1.39. The average molecular weight is 233 g/mol. The van der Waals surface area contributed by atoms with Gasteiger partial charge in [0.1, 0.15) is 6.54 Å². The Bertz CT molecular complexity index is 233. The first-order chi connectivity index (χ1) is 7.49. The number of carbonyl (C=O) groups excluding carboxylic acids is 1. The molecule has 1 unspecified atom stereocenters. The number of aliphatic carboxylic acids is 1. The third-order valence-corrected chi connectivity index (χ3v) is 2.33. The minimum atomic E-state index is -1.57. The molecule has 0 saturated heterocycles. The van der Waals surface area contributed by atoms with E-state index in [0.717, 1.165) is 24.2 Å². The molecule has 0 spiro atoms. The van der Waals surface area contributed by atoms with Crippen molar-refractivity contribution >= 4 is 11.9 Å². The largest absolute Gasteiger partial charge is 0.480 e. The molecular weight excluding hydrogens is 213 g/mol. The maximum absolute atomic E-state index is 13.3. The third-order valence-electron chi connectivity index (χ3n) is 2.33. The van der Waals surface area contributed by atoms with E-state index in [-0.39, 0.29) is 6.42 Å². The molecule has 0 aromatic heterocycles. The van der Waals surface area contributed by atoms with Crippen molar-refractivity contribution in [1.29, 1.82) is 0 Å². The molecule has 4 nitrogen and oxygen atoms in total. The number of carboxylic acid groups (broad SMARTS) is 1. The summed E-state index contributed by atoms with van der Waals surface area (Å²) in [7, 11) is 1.30. The second kappa shape index (κ2) is 8.07. The number of halogens is 1. The zero-order valence-electron chi connectivity index (χ0n) is 9.91. The first-order valence-corrected chi connectivity index (χ1v) is 5.59. The van der Waals surface area contributed by atoms with Crippen LogP contribution in [-0.2, 0) is 9.59 Å².